The van der Waals surface area contributed by atoms with E-state index in [0.29, 0.717) is 17.1 Å². The molecule has 0 heterocycles. The second-order valence-electron chi connectivity index (χ2n) is 6.26. The van der Waals surface area contributed by atoms with Gasteiger partial charge < -0.3 is 9.47 Å². The van der Waals surface area contributed by atoms with Gasteiger partial charge in [-0.3, -0.25) is 10.1 Å². The molecule has 31 heavy (non-hydrogen) atoms. The molecule has 3 aromatic rings. The van der Waals surface area contributed by atoms with Gasteiger partial charge in [0.05, 0.1) is 23.1 Å². The summed E-state index contributed by atoms with van der Waals surface area (Å²) in [5, 5.41) is 14.7. The minimum Gasteiger partial charge on any atom is -0.493 e. The molecule has 10 heteroatoms. The number of hydrogen-bond acceptors (Lipinski definition) is 7. The van der Waals surface area contributed by atoms with Crippen molar-refractivity contribution in [3.05, 3.63) is 94.0 Å². The van der Waals surface area contributed by atoms with Crippen molar-refractivity contribution in [1.29, 1.82) is 0 Å². The van der Waals surface area contributed by atoms with Crippen LogP contribution in [-0.4, -0.2) is 26.7 Å². The number of para-hydroxylation sites is 1. The first-order valence-electron chi connectivity index (χ1n) is 9.04. The van der Waals surface area contributed by atoms with E-state index in [1.165, 1.54) is 31.5 Å². The summed E-state index contributed by atoms with van der Waals surface area (Å²) in [5.41, 5.74) is 1.09. The van der Waals surface area contributed by atoms with E-state index in [-0.39, 0.29) is 17.2 Å². The largest absolute Gasteiger partial charge is 0.493 e. The van der Waals surface area contributed by atoms with E-state index in [4.69, 9.17) is 9.47 Å². The molecular formula is C21H19N3O6S. The topological polar surface area (TPSA) is 120 Å². The Labute approximate surface area is 179 Å². The maximum Gasteiger partial charge on any atom is 0.276 e. The molecule has 0 unspecified atom stereocenters. The van der Waals surface area contributed by atoms with Crippen LogP contribution in [0.2, 0.25) is 0 Å². The lowest BCUT2D eigenvalue weighted by Crippen LogP contribution is -2.18. The number of nitro benzene ring substituents is 1. The first kappa shape index (κ1) is 21.8. The fraction of sp³-hybridized carbons (Fsp3) is 0.0952. The number of nitro groups is 1. The highest BCUT2D eigenvalue weighted by atomic mass is 32.2. The predicted octanol–water partition coefficient (Wildman–Crippen LogP) is 3.49. The van der Waals surface area contributed by atoms with Gasteiger partial charge in [0.25, 0.3) is 15.7 Å². The maximum atomic E-state index is 12.4. The number of benzene rings is 3. The zero-order valence-corrected chi connectivity index (χ0v) is 17.3. The SMILES string of the molecule is COc1cccc(/C=N/NS(=O)(=O)c2cccc([N+](=O)[O-])c2)c1OCc1ccccc1. The van der Waals surface area contributed by atoms with Gasteiger partial charge >= 0.3 is 0 Å². The van der Waals surface area contributed by atoms with E-state index in [9.17, 15) is 18.5 Å². The molecule has 160 valence electrons. The Morgan fingerprint density at radius 3 is 2.52 bits per heavy atom. The van der Waals surface area contributed by atoms with Crippen molar-refractivity contribution < 1.29 is 22.8 Å². The normalized spacial score (nSPS) is 11.3. The Morgan fingerprint density at radius 1 is 1.06 bits per heavy atom. The fourth-order valence-electron chi connectivity index (χ4n) is 2.66. The Bertz CT molecular complexity index is 1200. The van der Waals surface area contributed by atoms with Gasteiger partial charge in [0.1, 0.15) is 6.61 Å². The van der Waals surface area contributed by atoms with Gasteiger partial charge in [0, 0.05) is 17.7 Å². The first-order valence-corrected chi connectivity index (χ1v) is 10.5. The summed E-state index contributed by atoms with van der Waals surface area (Å²) in [6.45, 7) is 0.279. The molecule has 1 N–H and O–H groups in total. The van der Waals surface area contributed by atoms with Crippen molar-refractivity contribution in [2.45, 2.75) is 11.5 Å². The van der Waals surface area contributed by atoms with Crippen LogP contribution in [0.3, 0.4) is 0 Å². The number of hydrazone groups is 1. The van der Waals surface area contributed by atoms with Gasteiger partial charge in [-0.1, -0.05) is 42.5 Å². The number of non-ortho nitro benzene ring substituents is 1. The second kappa shape index (κ2) is 9.72. The molecule has 0 saturated carbocycles. The van der Waals surface area contributed by atoms with Gasteiger partial charge in [-0.15, -0.1) is 0 Å². The molecule has 0 atom stereocenters. The number of hydrogen-bond donors (Lipinski definition) is 1. The Kier molecular flexibility index (Phi) is 6.83. The van der Waals surface area contributed by atoms with Crippen molar-refractivity contribution in [3.63, 3.8) is 0 Å². The van der Waals surface area contributed by atoms with Crippen LogP contribution in [0.4, 0.5) is 5.69 Å². The summed E-state index contributed by atoms with van der Waals surface area (Å²) < 4.78 is 36.0. The first-order chi connectivity index (χ1) is 14.9. The summed E-state index contributed by atoms with van der Waals surface area (Å²) >= 11 is 0. The van der Waals surface area contributed by atoms with Crippen LogP contribution >= 0.6 is 0 Å². The minimum absolute atomic E-state index is 0.273. The molecule has 0 aliphatic heterocycles. The predicted molar refractivity (Wildman–Crippen MR) is 115 cm³/mol. The third-order valence-electron chi connectivity index (χ3n) is 4.17. The minimum atomic E-state index is -4.09. The van der Waals surface area contributed by atoms with Crippen LogP contribution in [0.1, 0.15) is 11.1 Å². The lowest BCUT2D eigenvalue weighted by atomic mass is 10.2. The van der Waals surface area contributed by atoms with Crippen LogP contribution in [0.15, 0.2) is 82.8 Å². The Morgan fingerprint density at radius 2 is 1.81 bits per heavy atom. The van der Waals surface area contributed by atoms with Crippen LogP contribution < -0.4 is 14.3 Å². The highest BCUT2D eigenvalue weighted by molar-refractivity contribution is 7.89. The van der Waals surface area contributed by atoms with Crippen molar-refractivity contribution in [2.24, 2.45) is 5.10 Å². The molecule has 0 fully saturated rings. The molecule has 0 aromatic heterocycles. The molecule has 0 spiro atoms. The van der Waals surface area contributed by atoms with Crippen molar-refractivity contribution >= 4 is 21.9 Å². The summed E-state index contributed by atoms with van der Waals surface area (Å²) in [6, 6.07) is 19.3. The molecule has 0 bridgehead atoms. The highest BCUT2D eigenvalue weighted by Crippen LogP contribution is 2.31. The van der Waals surface area contributed by atoms with E-state index in [1.807, 2.05) is 30.3 Å². The van der Waals surface area contributed by atoms with Gasteiger partial charge in [-0.2, -0.15) is 13.5 Å². The molecule has 0 aliphatic carbocycles. The second-order valence-corrected chi connectivity index (χ2v) is 7.92. The molecule has 9 nitrogen and oxygen atoms in total. The molecule has 0 radical (unpaired) electrons. The van der Waals surface area contributed by atoms with Gasteiger partial charge in [0.2, 0.25) is 0 Å². The van der Waals surface area contributed by atoms with E-state index >= 15 is 0 Å². The fourth-order valence-corrected chi connectivity index (χ4v) is 3.49. The maximum absolute atomic E-state index is 12.4. The van der Waals surface area contributed by atoms with Crippen LogP contribution in [-0.2, 0) is 16.6 Å². The van der Waals surface area contributed by atoms with Gasteiger partial charge in [-0.05, 0) is 23.8 Å². The summed E-state index contributed by atoms with van der Waals surface area (Å²) in [4.78, 5) is 12.0. The molecule has 3 aromatic carbocycles. The van der Waals surface area contributed by atoms with E-state index in [2.05, 4.69) is 9.93 Å². The summed E-state index contributed by atoms with van der Waals surface area (Å²) in [5.74, 6) is 0.855. The van der Waals surface area contributed by atoms with Gasteiger partial charge in [-0.25, -0.2) is 4.83 Å². The van der Waals surface area contributed by atoms with E-state index < -0.39 is 14.9 Å². The summed E-state index contributed by atoms with van der Waals surface area (Å²) in [7, 11) is -2.60. The number of nitrogens with zero attached hydrogens (tertiary/aromatic N) is 2. The van der Waals surface area contributed by atoms with Crippen molar-refractivity contribution in [1.82, 2.24) is 4.83 Å². The van der Waals surface area contributed by atoms with Crippen LogP contribution in [0.25, 0.3) is 0 Å². The standard InChI is InChI=1S/C21H19N3O6S/c1-29-20-12-5-9-17(21(20)30-15-16-7-3-2-4-8-16)14-22-23-31(27,28)19-11-6-10-18(13-19)24(25)26/h2-14,23H,15H2,1H3/b22-14+. The number of sulfonamides is 1. The number of rotatable bonds is 9. The number of nitrogens with one attached hydrogen (secondary N) is 1. The summed E-state index contributed by atoms with van der Waals surface area (Å²) in [6.07, 6.45) is 1.28. The Hall–Kier alpha value is -3.92. The van der Waals surface area contributed by atoms with Crippen LogP contribution in [0.5, 0.6) is 11.5 Å². The van der Waals surface area contributed by atoms with Crippen molar-refractivity contribution in [2.75, 3.05) is 7.11 Å². The van der Waals surface area contributed by atoms with Crippen LogP contribution in [0, 0.1) is 10.1 Å². The zero-order valence-electron chi connectivity index (χ0n) is 16.5. The number of ether oxygens (including phenoxy) is 2. The lowest BCUT2D eigenvalue weighted by Gasteiger charge is -2.13. The lowest BCUT2D eigenvalue weighted by molar-refractivity contribution is -0.385. The quantitative estimate of drug-likeness (QED) is 0.308. The average Bonchev–Trinajstić information content (AvgIpc) is 2.78. The monoisotopic (exact) mass is 441 g/mol. The molecule has 0 aliphatic rings. The third kappa shape index (κ3) is 5.58. The molecule has 0 amide bonds. The molecule has 3 rings (SSSR count). The van der Waals surface area contributed by atoms with E-state index in [0.717, 1.165) is 11.6 Å². The Balaban J connectivity index is 1.80. The average molecular weight is 441 g/mol. The highest BCUT2D eigenvalue weighted by Gasteiger charge is 2.17. The molecule has 0 saturated heterocycles. The van der Waals surface area contributed by atoms with Gasteiger partial charge in [0.15, 0.2) is 11.5 Å². The number of methoxy groups -OCH3 is 1. The smallest absolute Gasteiger partial charge is 0.276 e. The van der Waals surface area contributed by atoms with Crippen molar-refractivity contribution in [3.8, 4) is 11.5 Å². The third-order valence-corrected chi connectivity index (χ3v) is 5.39. The zero-order chi connectivity index (χ0) is 22.3. The van der Waals surface area contributed by atoms with E-state index in [1.54, 1.807) is 18.2 Å². The molecular weight excluding hydrogens is 422 g/mol.